The summed E-state index contributed by atoms with van der Waals surface area (Å²) in [6.07, 6.45) is 3.34. The van der Waals surface area contributed by atoms with Crippen molar-refractivity contribution in [1.82, 2.24) is 0 Å². The lowest BCUT2D eigenvalue weighted by molar-refractivity contribution is -0.132. The van der Waals surface area contributed by atoms with E-state index < -0.39 is 5.97 Å². The van der Waals surface area contributed by atoms with Gasteiger partial charge in [-0.3, -0.25) is 0 Å². The van der Waals surface area contributed by atoms with Crippen LogP contribution in [0.1, 0.15) is 32.6 Å². The summed E-state index contributed by atoms with van der Waals surface area (Å²) in [7, 11) is 0. The van der Waals surface area contributed by atoms with Gasteiger partial charge in [-0.15, -0.1) is 0 Å². The molecule has 3 nitrogen and oxygen atoms in total. The summed E-state index contributed by atoms with van der Waals surface area (Å²) in [5, 5.41) is 8.98. The lowest BCUT2D eigenvalue weighted by Crippen LogP contribution is -2.16. The van der Waals surface area contributed by atoms with Crippen molar-refractivity contribution in [1.29, 1.82) is 0 Å². The topological polar surface area (TPSA) is 46.5 Å². The van der Waals surface area contributed by atoms with E-state index in [1.165, 1.54) is 0 Å². The van der Waals surface area contributed by atoms with E-state index in [1.54, 1.807) is 0 Å². The molecule has 76 valence electrons. The molecule has 1 heterocycles. The number of aliphatic carboxylic acids is 1. The Kier molecular flexibility index (Phi) is 2.32. The summed E-state index contributed by atoms with van der Waals surface area (Å²) in [5.74, 6) is 0.248. The van der Waals surface area contributed by atoms with Gasteiger partial charge in [-0.2, -0.15) is 0 Å². The van der Waals surface area contributed by atoms with Gasteiger partial charge in [-0.25, -0.2) is 4.79 Å². The van der Waals surface area contributed by atoms with Gasteiger partial charge in [0.2, 0.25) is 0 Å². The Morgan fingerprint density at radius 3 is 2.86 bits per heavy atom. The van der Waals surface area contributed by atoms with Crippen LogP contribution in [0.5, 0.6) is 0 Å². The number of carboxylic acids is 1. The number of hydrogen-bond donors (Lipinski definition) is 1. The van der Waals surface area contributed by atoms with Crippen LogP contribution in [-0.4, -0.2) is 17.7 Å². The summed E-state index contributed by atoms with van der Waals surface area (Å²) < 4.78 is 5.53. The second kappa shape index (κ2) is 3.48. The van der Waals surface area contributed by atoms with Crippen LogP contribution >= 0.6 is 0 Å². The molecule has 0 radical (unpaired) electrons. The second-order valence-corrected chi connectivity index (χ2v) is 3.76. The second-order valence-electron chi connectivity index (χ2n) is 3.76. The van der Waals surface area contributed by atoms with Gasteiger partial charge in [0.1, 0.15) is 0 Å². The number of carboxylic acid groups (broad SMARTS) is 1. The SMILES string of the molecule is CC1=C(C(=O)O)CCC2=C1CCCO2. The lowest BCUT2D eigenvalue weighted by atomic mass is 9.87. The number of ether oxygens (including phenoxy) is 1. The molecule has 1 aliphatic heterocycles. The molecule has 1 N–H and O–H groups in total. The standard InChI is InChI=1S/C11H14O3/c1-7-8-3-2-6-14-10(8)5-4-9(7)11(12)13/h2-6H2,1H3,(H,12,13). The molecule has 0 aromatic heterocycles. The number of hydrogen-bond acceptors (Lipinski definition) is 2. The maximum atomic E-state index is 10.9. The van der Waals surface area contributed by atoms with Crippen LogP contribution in [0.25, 0.3) is 0 Å². The fraction of sp³-hybridized carbons (Fsp3) is 0.545. The fourth-order valence-electron chi connectivity index (χ4n) is 2.17. The summed E-state index contributed by atoms with van der Waals surface area (Å²) in [6, 6.07) is 0. The van der Waals surface area contributed by atoms with Crippen molar-refractivity contribution >= 4 is 5.97 Å². The highest BCUT2D eigenvalue weighted by atomic mass is 16.5. The molecule has 2 aliphatic rings. The molecule has 0 spiro atoms. The fourth-order valence-corrected chi connectivity index (χ4v) is 2.17. The molecule has 3 heteroatoms. The van der Waals surface area contributed by atoms with Crippen LogP contribution in [-0.2, 0) is 9.53 Å². The molecule has 0 fully saturated rings. The van der Waals surface area contributed by atoms with Gasteiger partial charge in [0.15, 0.2) is 0 Å². The van der Waals surface area contributed by atoms with Crippen LogP contribution in [0, 0.1) is 0 Å². The van der Waals surface area contributed by atoms with E-state index in [-0.39, 0.29) is 0 Å². The van der Waals surface area contributed by atoms with Crippen LogP contribution in [0.4, 0.5) is 0 Å². The molecule has 0 saturated heterocycles. The predicted octanol–water partition coefficient (Wildman–Crippen LogP) is 2.25. The average Bonchev–Trinajstić information content (AvgIpc) is 2.18. The summed E-state index contributed by atoms with van der Waals surface area (Å²) in [4.78, 5) is 10.9. The summed E-state index contributed by atoms with van der Waals surface area (Å²) >= 11 is 0. The molecule has 0 aromatic carbocycles. The first-order chi connectivity index (χ1) is 6.70. The van der Waals surface area contributed by atoms with Crippen LogP contribution in [0.3, 0.4) is 0 Å². The van der Waals surface area contributed by atoms with E-state index in [0.29, 0.717) is 12.0 Å². The van der Waals surface area contributed by atoms with Crippen molar-refractivity contribution in [2.45, 2.75) is 32.6 Å². The molecule has 0 atom stereocenters. The molecule has 0 aromatic rings. The quantitative estimate of drug-likeness (QED) is 0.696. The van der Waals surface area contributed by atoms with Gasteiger partial charge in [-0.1, -0.05) is 0 Å². The highest BCUT2D eigenvalue weighted by molar-refractivity contribution is 5.89. The highest BCUT2D eigenvalue weighted by Gasteiger charge is 2.25. The Morgan fingerprint density at radius 2 is 2.14 bits per heavy atom. The largest absolute Gasteiger partial charge is 0.498 e. The van der Waals surface area contributed by atoms with Gasteiger partial charge in [0.25, 0.3) is 0 Å². The van der Waals surface area contributed by atoms with E-state index in [0.717, 1.165) is 42.8 Å². The minimum Gasteiger partial charge on any atom is -0.498 e. The van der Waals surface area contributed by atoms with E-state index in [2.05, 4.69) is 0 Å². The van der Waals surface area contributed by atoms with Gasteiger partial charge in [-0.05, 0) is 37.3 Å². The highest BCUT2D eigenvalue weighted by Crippen LogP contribution is 2.35. The van der Waals surface area contributed by atoms with Crippen LogP contribution < -0.4 is 0 Å². The number of carbonyl (C=O) groups is 1. The van der Waals surface area contributed by atoms with Crippen molar-refractivity contribution in [3.05, 3.63) is 22.5 Å². The van der Waals surface area contributed by atoms with Crippen molar-refractivity contribution in [2.75, 3.05) is 6.61 Å². The van der Waals surface area contributed by atoms with Crippen molar-refractivity contribution < 1.29 is 14.6 Å². The monoisotopic (exact) mass is 194 g/mol. The third kappa shape index (κ3) is 1.43. The molecule has 0 unspecified atom stereocenters. The maximum absolute atomic E-state index is 10.9. The predicted molar refractivity (Wildman–Crippen MR) is 51.8 cm³/mol. The third-order valence-corrected chi connectivity index (χ3v) is 2.95. The maximum Gasteiger partial charge on any atom is 0.331 e. The van der Waals surface area contributed by atoms with E-state index >= 15 is 0 Å². The van der Waals surface area contributed by atoms with E-state index in [4.69, 9.17) is 9.84 Å². The molecule has 1 aliphatic carbocycles. The van der Waals surface area contributed by atoms with Gasteiger partial charge in [0.05, 0.1) is 12.4 Å². The first-order valence-electron chi connectivity index (χ1n) is 4.98. The zero-order valence-electron chi connectivity index (χ0n) is 8.30. The zero-order valence-corrected chi connectivity index (χ0v) is 8.30. The molecular weight excluding hydrogens is 180 g/mol. The summed E-state index contributed by atoms with van der Waals surface area (Å²) in [5.41, 5.74) is 2.63. The van der Waals surface area contributed by atoms with Crippen molar-refractivity contribution in [2.24, 2.45) is 0 Å². The number of allylic oxidation sites excluding steroid dienone is 3. The Hall–Kier alpha value is -1.25. The van der Waals surface area contributed by atoms with Gasteiger partial charge < -0.3 is 9.84 Å². The smallest absolute Gasteiger partial charge is 0.331 e. The van der Waals surface area contributed by atoms with E-state index in [9.17, 15) is 4.79 Å². The first-order valence-corrected chi connectivity index (χ1v) is 4.98. The van der Waals surface area contributed by atoms with E-state index in [1.807, 2.05) is 6.92 Å². The average molecular weight is 194 g/mol. The molecule has 0 amide bonds. The Balaban J connectivity index is 2.38. The lowest BCUT2D eigenvalue weighted by Gasteiger charge is -2.26. The molecule has 14 heavy (non-hydrogen) atoms. The third-order valence-electron chi connectivity index (χ3n) is 2.95. The minimum absolute atomic E-state index is 0.564. The minimum atomic E-state index is -0.778. The Labute approximate surface area is 83.1 Å². The van der Waals surface area contributed by atoms with Gasteiger partial charge in [0, 0.05) is 12.0 Å². The Bertz CT molecular complexity index is 336. The molecule has 0 saturated carbocycles. The summed E-state index contributed by atoms with van der Waals surface area (Å²) in [6.45, 7) is 2.68. The van der Waals surface area contributed by atoms with Crippen LogP contribution in [0.2, 0.25) is 0 Å². The molecule has 0 bridgehead atoms. The van der Waals surface area contributed by atoms with Crippen molar-refractivity contribution in [3.8, 4) is 0 Å². The number of rotatable bonds is 1. The Morgan fingerprint density at radius 1 is 1.36 bits per heavy atom. The molecule has 2 rings (SSSR count). The molecular formula is C11H14O3. The van der Waals surface area contributed by atoms with Crippen molar-refractivity contribution in [3.63, 3.8) is 0 Å². The first kappa shape index (κ1) is 9.31. The normalized spacial score (nSPS) is 21.8. The zero-order chi connectivity index (χ0) is 10.1. The van der Waals surface area contributed by atoms with Gasteiger partial charge >= 0.3 is 5.97 Å². The van der Waals surface area contributed by atoms with Crippen LogP contribution in [0.15, 0.2) is 22.5 Å².